The van der Waals surface area contributed by atoms with Gasteiger partial charge in [0.2, 0.25) is 0 Å². The van der Waals surface area contributed by atoms with Gasteiger partial charge in [-0.3, -0.25) is 4.79 Å². The van der Waals surface area contributed by atoms with Gasteiger partial charge in [0, 0.05) is 57.7 Å². The van der Waals surface area contributed by atoms with Crippen molar-refractivity contribution in [2.24, 2.45) is 0 Å². The van der Waals surface area contributed by atoms with Gasteiger partial charge in [0.15, 0.2) is 5.16 Å². The zero-order valence-corrected chi connectivity index (χ0v) is 21.8. The largest absolute Gasteiger partial charge is 0.492 e. The molecule has 0 spiro atoms. The molecule has 35 heavy (non-hydrogen) atoms. The molecule has 0 aliphatic carbocycles. The lowest BCUT2D eigenvalue weighted by atomic mass is 10.1. The topological polar surface area (TPSA) is 61.8 Å². The zero-order chi connectivity index (χ0) is 24.8. The lowest BCUT2D eigenvalue weighted by molar-refractivity contribution is 0.0746. The number of hydrogen-bond acceptors (Lipinski definition) is 7. The molecular weight excluding hydrogens is 482 g/mol. The summed E-state index contributed by atoms with van der Waals surface area (Å²) in [5.74, 6) is 2.36. The number of hydrogen-bond donors (Lipinski definition) is 0. The summed E-state index contributed by atoms with van der Waals surface area (Å²) >= 11 is 7.65. The second kappa shape index (κ2) is 11.6. The summed E-state index contributed by atoms with van der Waals surface area (Å²) in [4.78, 5) is 28.2. The van der Waals surface area contributed by atoms with E-state index < -0.39 is 0 Å². The summed E-state index contributed by atoms with van der Waals surface area (Å²) in [5, 5.41) is 1.03. The first-order valence-corrected chi connectivity index (χ1v) is 13.0. The monoisotopic (exact) mass is 511 g/mol. The Labute approximate surface area is 216 Å². The van der Waals surface area contributed by atoms with E-state index in [2.05, 4.69) is 20.9 Å². The fraction of sp³-hybridized carbons (Fsp3) is 0.346. The Hall–Kier alpha value is -2.97. The number of anilines is 2. The smallest absolute Gasteiger partial charge is 0.253 e. The van der Waals surface area contributed by atoms with Crippen LogP contribution in [0.15, 0.2) is 59.8 Å². The van der Waals surface area contributed by atoms with E-state index in [1.165, 1.54) is 11.8 Å². The van der Waals surface area contributed by atoms with E-state index in [1.807, 2.05) is 73.3 Å². The molecule has 1 aliphatic heterocycles. The summed E-state index contributed by atoms with van der Waals surface area (Å²) in [7, 11) is 3.83. The highest BCUT2D eigenvalue weighted by molar-refractivity contribution is 7.98. The number of nitrogens with zero attached hydrogens (tertiary/aromatic N) is 5. The fourth-order valence-corrected chi connectivity index (χ4v) is 4.97. The van der Waals surface area contributed by atoms with Gasteiger partial charge in [-0.2, -0.15) is 0 Å². The van der Waals surface area contributed by atoms with Crippen LogP contribution in [0.2, 0.25) is 5.15 Å². The van der Waals surface area contributed by atoms with Gasteiger partial charge >= 0.3 is 0 Å². The second-order valence-corrected chi connectivity index (χ2v) is 9.72. The molecule has 1 saturated heterocycles. The molecule has 1 aromatic heterocycles. The van der Waals surface area contributed by atoms with Crippen LogP contribution in [0.4, 0.5) is 11.5 Å². The van der Waals surface area contributed by atoms with Crippen molar-refractivity contribution in [3.8, 4) is 5.75 Å². The fourth-order valence-electron chi connectivity index (χ4n) is 3.95. The van der Waals surface area contributed by atoms with Crippen LogP contribution in [0.5, 0.6) is 5.75 Å². The third kappa shape index (κ3) is 6.38. The molecule has 4 rings (SSSR count). The minimum atomic E-state index is 0.0588. The van der Waals surface area contributed by atoms with Crippen molar-refractivity contribution in [1.82, 2.24) is 14.9 Å². The molecule has 184 valence electrons. The summed E-state index contributed by atoms with van der Waals surface area (Å²) < 4.78 is 5.78. The quantitative estimate of drug-likeness (QED) is 0.243. The van der Waals surface area contributed by atoms with Gasteiger partial charge in [0.05, 0.1) is 12.3 Å². The van der Waals surface area contributed by atoms with Crippen molar-refractivity contribution in [2.45, 2.75) is 17.8 Å². The molecule has 0 unspecified atom stereocenters. The molecule has 0 bridgehead atoms. The number of benzene rings is 2. The third-order valence-electron chi connectivity index (χ3n) is 5.73. The molecule has 1 fully saturated rings. The number of halogens is 1. The maximum Gasteiger partial charge on any atom is 0.253 e. The van der Waals surface area contributed by atoms with Crippen molar-refractivity contribution in [3.05, 3.63) is 70.9 Å². The van der Waals surface area contributed by atoms with Crippen LogP contribution in [0.1, 0.15) is 22.8 Å². The SMILES string of the molecule is CCOc1ccccc1N1CCN(C(=O)c2cccc(CSc3nc(Cl)cc(N(C)C)n3)c2)CC1. The molecule has 3 aromatic rings. The van der Waals surface area contributed by atoms with Crippen LogP contribution >= 0.6 is 23.4 Å². The van der Waals surface area contributed by atoms with Gasteiger partial charge in [0.1, 0.15) is 16.7 Å². The zero-order valence-electron chi connectivity index (χ0n) is 20.3. The highest BCUT2D eigenvalue weighted by Gasteiger charge is 2.24. The molecule has 9 heteroatoms. The molecule has 0 N–H and O–H groups in total. The van der Waals surface area contributed by atoms with Gasteiger partial charge in [-0.05, 0) is 36.8 Å². The minimum Gasteiger partial charge on any atom is -0.492 e. The Morgan fingerprint density at radius 3 is 2.57 bits per heavy atom. The standard InChI is InChI=1S/C26H30ClN5O2S/c1-4-34-22-11-6-5-10-21(22)31-12-14-32(15-13-31)25(33)20-9-7-8-19(16-20)18-35-26-28-23(27)17-24(29-26)30(2)3/h5-11,16-17H,4,12-15,18H2,1-3H3. The van der Waals surface area contributed by atoms with Gasteiger partial charge in [0.25, 0.3) is 5.91 Å². The van der Waals surface area contributed by atoms with Gasteiger partial charge in [-0.1, -0.05) is 47.6 Å². The first-order chi connectivity index (χ1) is 16.9. The number of carbonyl (C=O) groups is 1. The van der Waals surface area contributed by atoms with E-state index in [1.54, 1.807) is 6.07 Å². The van der Waals surface area contributed by atoms with Crippen LogP contribution in [-0.2, 0) is 5.75 Å². The highest BCUT2D eigenvalue weighted by atomic mass is 35.5. The average molecular weight is 512 g/mol. The predicted molar refractivity (Wildman–Crippen MR) is 143 cm³/mol. The van der Waals surface area contributed by atoms with Gasteiger partial charge in [-0.15, -0.1) is 0 Å². The van der Waals surface area contributed by atoms with Gasteiger partial charge in [-0.25, -0.2) is 9.97 Å². The van der Waals surface area contributed by atoms with Crippen LogP contribution in [0.25, 0.3) is 0 Å². The third-order valence-corrected chi connectivity index (χ3v) is 6.85. The summed E-state index contributed by atoms with van der Waals surface area (Å²) in [5.41, 5.74) is 2.83. The Morgan fingerprint density at radius 2 is 1.83 bits per heavy atom. The molecule has 1 aliphatic rings. The molecule has 0 radical (unpaired) electrons. The molecule has 0 saturated carbocycles. The number of aromatic nitrogens is 2. The molecular formula is C26H30ClN5O2S. The number of ether oxygens (including phenoxy) is 1. The lowest BCUT2D eigenvalue weighted by Gasteiger charge is -2.36. The lowest BCUT2D eigenvalue weighted by Crippen LogP contribution is -2.48. The first-order valence-electron chi connectivity index (χ1n) is 11.6. The Kier molecular flexibility index (Phi) is 8.36. The van der Waals surface area contributed by atoms with Gasteiger partial charge < -0.3 is 19.4 Å². The molecule has 2 aromatic carbocycles. The van der Waals surface area contributed by atoms with Crippen molar-refractivity contribution in [2.75, 3.05) is 56.7 Å². The molecule has 7 nitrogen and oxygen atoms in total. The van der Waals surface area contributed by atoms with E-state index in [0.717, 1.165) is 35.9 Å². The maximum atomic E-state index is 13.2. The van der Waals surface area contributed by atoms with Crippen LogP contribution < -0.4 is 14.5 Å². The van der Waals surface area contributed by atoms with Crippen molar-refractivity contribution < 1.29 is 9.53 Å². The highest BCUT2D eigenvalue weighted by Crippen LogP contribution is 2.29. The number of thioether (sulfide) groups is 1. The maximum absolute atomic E-state index is 13.2. The van der Waals surface area contributed by atoms with E-state index >= 15 is 0 Å². The van der Waals surface area contributed by atoms with E-state index in [-0.39, 0.29) is 5.91 Å². The summed E-state index contributed by atoms with van der Waals surface area (Å²) in [6, 6.07) is 17.6. The van der Waals surface area contributed by atoms with Crippen LogP contribution in [0, 0.1) is 0 Å². The number of piperazine rings is 1. The average Bonchev–Trinajstić information content (AvgIpc) is 2.87. The summed E-state index contributed by atoms with van der Waals surface area (Å²) in [6.45, 7) is 5.49. The minimum absolute atomic E-state index is 0.0588. The van der Waals surface area contributed by atoms with Crippen LogP contribution in [0.3, 0.4) is 0 Å². The van der Waals surface area contributed by atoms with E-state index in [4.69, 9.17) is 16.3 Å². The van der Waals surface area contributed by atoms with Crippen molar-refractivity contribution in [3.63, 3.8) is 0 Å². The van der Waals surface area contributed by atoms with Crippen LogP contribution in [-0.4, -0.2) is 67.7 Å². The number of rotatable bonds is 8. The summed E-state index contributed by atoms with van der Waals surface area (Å²) in [6.07, 6.45) is 0. The molecule has 1 amide bonds. The Balaban J connectivity index is 1.37. The van der Waals surface area contributed by atoms with Crippen molar-refractivity contribution >= 4 is 40.8 Å². The predicted octanol–water partition coefficient (Wildman–Crippen LogP) is 4.85. The van der Waals surface area contributed by atoms with Crippen molar-refractivity contribution in [1.29, 1.82) is 0 Å². The Morgan fingerprint density at radius 1 is 1.06 bits per heavy atom. The Bertz CT molecular complexity index is 1170. The number of carbonyl (C=O) groups excluding carboxylic acids is 1. The number of para-hydroxylation sites is 2. The van der Waals surface area contributed by atoms with E-state index in [9.17, 15) is 4.79 Å². The van der Waals surface area contributed by atoms with E-state index in [0.29, 0.717) is 41.3 Å². The second-order valence-electron chi connectivity index (χ2n) is 8.39. The number of amides is 1. The molecule has 0 atom stereocenters. The first kappa shape index (κ1) is 25.1. The molecule has 2 heterocycles. The normalized spacial score (nSPS) is 13.6.